The summed E-state index contributed by atoms with van der Waals surface area (Å²) < 4.78 is 7.52. The minimum absolute atomic E-state index is 0.103. The molecule has 0 radical (unpaired) electrons. The number of halogens is 2. The van der Waals surface area contributed by atoms with Crippen LogP contribution in [0.1, 0.15) is 15.4 Å². The maximum atomic E-state index is 12.4. The molecule has 25 heavy (non-hydrogen) atoms. The lowest BCUT2D eigenvalue weighted by molar-refractivity contribution is 0.0474. The minimum atomic E-state index is -0.560. The number of esters is 1. The summed E-state index contributed by atoms with van der Waals surface area (Å²) in [5, 5.41) is 3.42. The van der Waals surface area contributed by atoms with Crippen LogP contribution >= 0.6 is 45.9 Å². The fraction of sp³-hybridized carbons (Fsp3) is 0.0625. The summed E-state index contributed by atoms with van der Waals surface area (Å²) >= 11 is 14.8. The van der Waals surface area contributed by atoms with E-state index in [1.165, 1.54) is 33.1 Å². The first-order chi connectivity index (χ1) is 12.0. The summed E-state index contributed by atoms with van der Waals surface area (Å²) in [6.07, 6.45) is 1.65. The summed E-state index contributed by atoms with van der Waals surface area (Å²) in [6, 6.07) is 6.57. The van der Waals surface area contributed by atoms with Gasteiger partial charge in [-0.15, -0.1) is 22.7 Å². The van der Waals surface area contributed by atoms with E-state index in [2.05, 4.69) is 4.98 Å². The van der Waals surface area contributed by atoms with Crippen LogP contribution in [-0.4, -0.2) is 15.4 Å². The number of benzene rings is 1. The number of hydrogen-bond donors (Lipinski definition) is 0. The van der Waals surface area contributed by atoms with Crippen LogP contribution in [0.3, 0.4) is 0 Å². The first-order valence-electron chi connectivity index (χ1n) is 7.03. The smallest absolute Gasteiger partial charge is 0.350 e. The predicted octanol–water partition coefficient (Wildman–Crippen LogP) is 4.63. The maximum absolute atomic E-state index is 12.4. The van der Waals surface area contributed by atoms with Crippen molar-refractivity contribution in [2.45, 2.75) is 6.61 Å². The Morgan fingerprint density at radius 1 is 1.28 bits per heavy atom. The van der Waals surface area contributed by atoms with Gasteiger partial charge in [0.2, 0.25) is 0 Å². The van der Waals surface area contributed by atoms with Crippen molar-refractivity contribution >= 4 is 66.9 Å². The third kappa shape index (κ3) is 3.04. The third-order valence-electron chi connectivity index (χ3n) is 3.48. The number of nitrogens with zero attached hydrogens (tertiary/aromatic N) is 2. The van der Waals surface area contributed by atoms with Gasteiger partial charge in [0.1, 0.15) is 11.5 Å². The van der Waals surface area contributed by atoms with E-state index in [9.17, 15) is 9.59 Å². The van der Waals surface area contributed by atoms with Crippen LogP contribution in [0, 0.1) is 0 Å². The molecule has 0 aliphatic rings. The summed E-state index contributed by atoms with van der Waals surface area (Å²) in [5.74, 6) is -0.560. The zero-order valence-electron chi connectivity index (χ0n) is 12.4. The van der Waals surface area contributed by atoms with Crippen LogP contribution in [0.2, 0.25) is 10.0 Å². The molecule has 0 spiro atoms. The second kappa shape index (κ2) is 6.42. The van der Waals surface area contributed by atoms with Crippen LogP contribution in [0.4, 0.5) is 0 Å². The first-order valence-corrected chi connectivity index (χ1v) is 9.48. The Hall–Kier alpha value is -1.93. The van der Waals surface area contributed by atoms with E-state index in [1.807, 2.05) is 0 Å². The van der Waals surface area contributed by atoms with Crippen LogP contribution in [0.5, 0.6) is 0 Å². The average Bonchev–Trinajstić information content (AvgIpc) is 3.17. The highest BCUT2D eigenvalue weighted by molar-refractivity contribution is 7.21. The van der Waals surface area contributed by atoms with Crippen LogP contribution < -0.4 is 5.56 Å². The average molecular weight is 411 g/mol. The molecule has 0 unspecified atom stereocenters. The molecule has 126 valence electrons. The van der Waals surface area contributed by atoms with Crippen molar-refractivity contribution in [3.8, 4) is 0 Å². The molecule has 0 saturated carbocycles. The Morgan fingerprint density at radius 2 is 2.12 bits per heavy atom. The molecule has 0 N–H and O–H groups in total. The number of hydrogen-bond acceptors (Lipinski definition) is 6. The Balaban J connectivity index is 1.59. The van der Waals surface area contributed by atoms with E-state index in [4.69, 9.17) is 27.9 Å². The summed E-state index contributed by atoms with van der Waals surface area (Å²) in [5.41, 5.74) is 0.174. The van der Waals surface area contributed by atoms with Gasteiger partial charge in [-0.05, 0) is 12.1 Å². The van der Waals surface area contributed by atoms with Gasteiger partial charge in [-0.2, -0.15) is 0 Å². The van der Waals surface area contributed by atoms with Crippen molar-refractivity contribution < 1.29 is 9.53 Å². The summed E-state index contributed by atoms with van der Waals surface area (Å²) in [4.78, 5) is 29.4. The van der Waals surface area contributed by atoms with Crippen molar-refractivity contribution in [2.75, 3.05) is 0 Å². The third-order valence-corrected chi connectivity index (χ3v) is 6.11. The fourth-order valence-electron chi connectivity index (χ4n) is 2.34. The Morgan fingerprint density at radius 3 is 2.96 bits per heavy atom. The van der Waals surface area contributed by atoms with Crippen molar-refractivity contribution in [2.24, 2.45) is 0 Å². The zero-order valence-corrected chi connectivity index (χ0v) is 15.5. The van der Waals surface area contributed by atoms with E-state index in [1.54, 1.807) is 29.8 Å². The number of thiazole rings is 1. The zero-order chi connectivity index (χ0) is 17.6. The lowest BCUT2D eigenvalue weighted by Gasteiger charge is -2.03. The molecule has 0 amide bonds. The van der Waals surface area contributed by atoms with Gasteiger partial charge in [0, 0.05) is 32.8 Å². The molecule has 0 saturated heterocycles. The number of thiophene rings is 1. The quantitative estimate of drug-likeness (QED) is 0.461. The number of carbonyl (C=O) groups is 1. The standard InChI is InChI=1S/C16H8Cl2N2O3S2/c17-8-1-2-10-11(5-8)25-14(13(10)18)15(22)23-7-9-6-12(21)20-3-4-24-16(20)19-9/h1-6H,7H2. The molecule has 5 nitrogen and oxygen atoms in total. The number of aromatic nitrogens is 2. The Labute approximate surface area is 159 Å². The molecule has 4 rings (SSSR count). The van der Waals surface area contributed by atoms with Crippen molar-refractivity contribution in [1.29, 1.82) is 0 Å². The molecule has 1 aromatic carbocycles. The van der Waals surface area contributed by atoms with Gasteiger partial charge in [0.05, 0.1) is 10.7 Å². The van der Waals surface area contributed by atoms with Crippen molar-refractivity contribution in [3.05, 3.63) is 66.8 Å². The molecular weight excluding hydrogens is 403 g/mol. The maximum Gasteiger partial charge on any atom is 0.350 e. The normalized spacial score (nSPS) is 11.3. The van der Waals surface area contributed by atoms with Gasteiger partial charge in [-0.25, -0.2) is 9.78 Å². The molecule has 3 aromatic heterocycles. The molecule has 0 atom stereocenters. The van der Waals surface area contributed by atoms with Gasteiger partial charge >= 0.3 is 5.97 Å². The van der Waals surface area contributed by atoms with Crippen LogP contribution in [0.25, 0.3) is 15.0 Å². The fourth-order valence-corrected chi connectivity index (χ4v) is 4.75. The van der Waals surface area contributed by atoms with E-state index in [-0.39, 0.29) is 12.2 Å². The number of fused-ring (bicyclic) bond motifs is 2. The molecule has 0 aliphatic heterocycles. The molecule has 4 aromatic rings. The summed E-state index contributed by atoms with van der Waals surface area (Å²) in [6.45, 7) is -0.103. The second-order valence-electron chi connectivity index (χ2n) is 5.10. The number of rotatable bonds is 3. The van der Waals surface area contributed by atoms with E-state index < -0.39 is 5.97 Å². The van der Waals surface area contributed by atoms with Crippen LogP contribution in [0.15, 0.2) is 40.6 Å². The molecular formula is C16H8Cl2N2O3S2. The first kappa shape index (κ1) is 16.5. The van der Waals surface area contributed by atoms with Gasteiger partial charge in [0.25, 0.3) is 5.56 Å². The van der Waals surface area contributed by atoms with Gasteiger partial charge < -0.3 is 4.74 Å². The van der Waals surface area contributed by atoms with E-state index in [0.717, 1.165) is 10.1 Å². The molecule has 3 heterocycles. The van der Waals surface area contributed by atoms with Gasteiger partial charge in [0.15, 0.2) is 4.96 Å². The molecule has 0 bridgehead atoms. The van der Waals surface area contributed by atoms with Gasteiger partial charge in [-0.1, -0.05) is 29.3 Å². The van der Waals surface area contributed by atoms with E-state index in [0.29, 0.717) is 25.6 Å². The predicted molar refractivity (Wildman–Crippen MR) is 100 cm³/mol. The Bertz CT molecular complexity index is 1180. The molecule has 9 heteroatoms. The highest BCUT2D eigenvalue weighted by atomic mass is 35.5. The topological polar surface area (TPSA) is 60.7 Å². The molecule has 0 aliphatic carbocycles. The monoisotopic (exact) mass is 410 g/mol. The van der Waals surface area contributed by atoms with Crippen molar-refractivity contribution in [3.63, 3.8) is 0 Å². The largest absolute Gasteiger partial charge is 0.455 e. The number of ether oxygens (including phenoxy) is 1. The summed E-state index contributed by atoms with van der Waals surface area (Å²) in [7, 11) is 0. The highest BCUT2D eigenvalue weighted by Gasteiger charge is 2.19. The van der Waals surface area contributed by atoms with Crippen molar-refractivity contribution in [1.82, 2.24) is 9.38 Å². The highest BCUT2D eigenvalue weighted by Crippen LogP contribution is 2.37. The lowest BCUT2D eigenvalue weighted by Crippen LogP contribution is -2.14. The minimum Gasteiger partial charge on any atom is -0.455 e. The lowest BCUT2D eigenvalue weighted by atomic mass is 10.2. The van der Waals surface area contributed by atoms with Gasteiger partial charge in [-0.3, -0.25) is 9.20 Å². The second-order valence-corrected chi connectivity index (χ2v) is 7.84. The Kier molecular flexibility index (Phi) is 4.24. The van der Waals surface area contributed by atoms with E-state index >= 15 is 0 Å². The van der Waals surface area contributed by atoms with Crippen LogP contribution in [-0.2, 0) is 11.3 Å². The number of carbonyl (C=O) groups excluding carboxylic acids is 1. The molecule has 0 fully saturated rings. The SMILES string of the molecule is O=C(OCc1cc(=O)n2ccsc2n1)c1sc2cc(Cl)ccc2c1Cl.